The Morgan fingerprint density at radius 2 is 1.56 bits per heavy atom. The van der Waals surface area contributed by atoms with E-state index in [0.717, 1.165) is 20.7 Å². The van der Waals surface area contributed by atoms with Crippen LogP contribution in [0, 0.1) is 0 Å². The zero-order valence-electron chi connectivity index (χ0n) is 9.61. The summed E-state index contributed by atoms with van der Waals surface area (Å²) in [6, 6.07) is 19.1. The number of para-hydroxylation sites is 1. The number of aromatic nitrogens is 1. The monoisotopic (exact) mass is 253 g/mol. The minimum absolute atomic E-state index is 0.812. The van der Waals surface area contributed by atoms with Gasteiger partial charge in [0, 0.05) is 16.5 Å². The number of rotatable bonds is 2. The SMILES string of the molecule is O=S(c1ccccc1)c1ccnc2ccccc12. The molecule has 0 spiro atoms. The molecular weight excluding hydrogens is 242 g/mol. The van der Waals surface area contributed by atoms with Crippen molar-refractivity contribution in [3.8, 4) is 0 Å². The van der Waals surface area contributed by atoms with Crippen molar-refractivity contribution < 1.29 is 4.21 Å². The summed E-state index contributed by atoms with van der Waals surface area (Å²) in [6.45, 7) is 0. The van der Waals surface area contributed by atoms with Crippen LogP contribution in [0.15, 0.2) is 76.7 Å². The molecule has 3 heteroatoms. The maximum atomic E-state index is 12.5. The van der Waals surface area contributed by atoms with Crippen molar-refractivity contribution in [3.05, 3.63) is 66.9 Å². The molecule has 2 aromatic carbocycles. The summed E-state index contributed by atoms with van der Waals surface area (Å²) >= 11 is 0. The first-order valence-corrected chi connectivity index (χ1v) is 6.82. The summed E-state index contributed by atoms with van der Waals surface area (Å²) in [6.07, 6.45) is 1.71. The molecule has 0 N–H and O–H groups in total. The van der Waals surface area contributed by atoms with E-state index in [1.807, 2.05) is 60.7 Å². The van der Waals surface area contributed by atoms with Crippen molar-refractivity contribution in [1.82, 2.24) is 4.98 Å². The van der Waals surface area contributed by atoms with Gasteiger partial charge < -0.3 is 0 Å². The molecule has 3 rings (SSSR count). The van der Waals surface area contributed by atoms with Crippen LogP contribution in [0.1, 0.15) is 0 Å². The molecule has 18 heavy (non-hydrogen) atoms. The second-order valence-electron chi connectivity index (χ2n) is 3.91. The third kappa shape index (κ3) is 1.93. The summed E-state index contributed by atoms with van der Waals surface area (Å²) < 4.78 is 12.5. The summed E-state index contributed by atoms with van der Waals surface area (Å²) in [5.74, 6) is 0. The highest BCUT2D eigenvalue weighted by atomic mass is 32.2. The molecule has 0 aliphatic carbocycles. The minimum Gasteiger partial charge on any atom is -0.256 e. The van der Waals surface area contributed by atoms with Gasteiger partial charge in [-0.05, 0) is 24.3 Å². The molecule has 2 nitrogen and oxygen atoms in total. The summed E-state index contributed by atoms with van der Waals surface area (Å²) in [4.78, 5) is 5.91. The van der Waals surface area contributed by atoms with Crippen molar-refractivity contribution in [3.63, 3.8) is 0 Å². The lowest BCUT2D eigenvalue weighted by Gasteiger charge is -2.05. The lowest BCUT2D eigenvalue weighted by atomic mass is 10.2. The molecule has 1 aromatic heterocycles. The van der Waals surface area contributed by atoms with Crippen LogP contribution in [0.25, 0.3) is 10.9 Å². The molecule has 1 heterocycles. The number of fused-ring (bicyclic) bond motifs is 1. The van der Waals surface area contributed by atoms with Gasteiger partial charge in [-0.1, -0.05) is 36.4 Å². The van der Waals surface area contributed by atoms with Gasteiger partial charge in [-0.25, -0.2) is 4.21 Å². The van der Waals surface area contributed by atoms with Crippen LogP contribution >= 0.6 is 0 Å². The Kier molecular flexibility index (Phi) is 2.90. The number of benzene rings is 2. The molecule has 1 atom stereocenters. The minimum atomic E-state index is -1.16. The van der Waals surface area contributed by atoms with E-state index in [4.69, 9.17) is 0 Å². The average molecular weight is 253 g/mol. The smallest absolute Gasteiger partial charge is 0.0857 e. The molecule has 0 fully saturated rings. The van der Waals surface area contributed by atoms with Crippen LogP contribution in [-0.4, -0.2) is 9.19 Å². The molecule has 3 aromatic rings. The lowest BCUT2D eigenvalue weighted by molar-refractivity contribution is 0.683. The van der Waals surface area contributed by atoms with Gasteiger partial charge in [0.1, 0.15) is 0 Å². The first-order valence-electron chi connectivity index (χ1n) is 5.67. The molecule has 0 aliphatic rings. The molecule has 0 radical (unpaired) electrons. The summed E-state index contributed by atoms with van der Waals surface area (Å²) in [5.41, 5.74) is 0.874. The van der Waals surface area contributed by atoms with Gasteiger partial charge in [0.25, 0.3) is 0 Å². The van der Waals surface area contributed by atoms with Gasteiger partial charge in [-0.15, -0.1) is 0 Å². The van der Waals surface area contributed by atoms with Gasteiger partial charge in [0.15, 0.2) is 0 Å². The average Bonchev–Trinajstić information content (AvgIpc) is 2.47. The fourth-order valence-electron chi connectivity index (χ4n) is 1.90. The highest BCUT2D eigenvalue weighted by Gasteiger charge is 2.10. The molecule has 0 bridgehead atoms. The molecule has 0 amide bonds. The van der Waals surface area contributed by atoms with Crippen molar-refractivity contribution in [2.75, 3.05) is 0 Å². The predicted octanol–water partition coefficient (Wildman–Crippen LogP) is 3.40. The van der Waals surface area contributed by atoms with E-state index in [9.17, 15) is 4.21 Å². The molecular formula is C15H11NOS. The Balaban J connectivity index is 2.18. The first-order chi connectivity index (χ1) is 8.86. The molecule has 0 saturated carbocycles. The van der Waals surface area contributed by atoms with E-state index in [1.54, 1.807) is 6.20 Å². The standard InChI is InChI=1S/C15H11NOS/c17-18(12-6-2-1-3-7-12)15-10-11-16-14-9-5-4-8-13(14)15/h1-11H. The second-order valence-corrected chi connectivity index (χ2v) is 5.36. The lowest BCUT2D eigenvalue weighted by Crippen LogP contribution is -1.94. The fraction of sp³-hybridized carbons (Fsp3) is 0. The van der Waals surface area contributed by atoms with E-state index in [1.165, 1.54) is 0 Å². The van der Waals surface area contributed by atoms with Gasteiger partial charge in [-0.2, -0.15) is 0 Å². The molecule has 0 saturated heterocycles. The number of hydrogen-bond acceptors (Lipinski definition) is 2. The van der Waals surface area contributed by atoms with E-state index < -0.39 is 10.8 Å². The van der Waals surface area contributed by atoms with Crippen LogP contribution in [0.4, 0.5) is 0 Å². The maximum absolute atomic E-state index is 12.5. The van der Waals surface area contributed by atoms with Crippen LogP contribution in [0.2, 0.25) is 0 Å². The Labute approximate surface area is 108 Å². The predicted molar refractivity (Wildman–Crippen MR) is 72.9 cm³/mol. The van der Waals surface area contributed by atoms with Gasteiger partial charge in [0.2, 0.25) is 0 Å². The van der Waals surface area contributed by atoms with Crippen molar-refractivity contribution in [2.24, 2.45) is 0 Å². The van der Waals surface area contributed by atoms with E-state index in [0.29, 0.717) is 0 Å². The fourth-order valence-corrected chi connectivity index (χ4v) is 3.12. The van der Waals surface area contributed by atoms with Crippen LogP contribution in [0.5, 0.6) is 0 Å². The quantitative estimate of drug-likeness (QED) is 0.700. The zero-order chi connectivity index (χ0) is 12.4. The molecule has 88 valence electrons. The van der Waals surface area contributed by atoms with Crippen molar-refractivity contribution in [1.29, 1.82) is 0 Å². The Morgan fingerprint density at radius 1 is 0.833 bits per heavy atom. The zero-order valence-corrected chi connectivity index (χ0v) is 10.4. The molecule has 0 aliphatic heterocycles. The summed E-state index contributed by atoms with van der Waals surface area (Å²) in [5, 5.41) is 0.946. The molecule has 1 unspecified atom stereocenters. The van der Waals surface area contributed by atoms with Crippen molar-refractivity contribution >= 4 is 21.7 Å². The first kappa shape index (κ1) is 11.1. The third-order valence-corrected chi connectivity index (χ3v) is 4.22. The van der Waals surface area contributed by atoms with Gasteiger partial charge in [0.05, 0.1) is 21.2 Å². The Morgan fingerprint density at radius 3 is 2.39 bits per heavy atom. The van der Waals surface area contributed by atoms with E-state index >= 15 is 0 Å². The van der Waals surface area contributed by atoms with Crippen LogP contribution in [-0.2, 0) is 10.8 Å². The topological polar surface area (TPSA) is 30.0 Å². The van der Waals surface area contributed by atoms with E-state index in [2.05, 4.69) is 4.98 Å². The third-order valence-electron chi connectivity index (χ3n) is 2.77. The van der Waals surface area contributed by atoms with Gasteiger partial charge in [-0.3, -0.25) is 4.98 Å². The highest BCUT2D eigenvalue weighted by Crippen LogP contribution is 2.23. The Hall–Kier alpha value is -2.00. The van der Waals surface area contributed by atoms with Crippen molar-refractivity contribution in [2.45, 2.75) is 9.79 Å². The van der Waals surface area contributed by atoms with Crippen LogP contribution < -0.4 is 0 Å². The number of nitrogens with zero attached hydrogens (tertiary/aromatic N) is 1. The number of pyridine rings is 1. The Bertz CT molecular complexity index is 705. The van der Waals surface area contributed by atoms with Gasteiger partial charge >= 0.3 is 0 Å². The highest BCUT2D eigenvalue weighted by molar-refractivity contribution is 7.85. The maximum Gasteiger partial charge on any atom is 0.0857 e. The van der Waals surface area contributed by atoms with Crippen LogP contribution in [0.3, 0.4) is 0 Å². The summed E-state index contributed by atoms with van der Waals surface area (Å²) in [7, 11) is -1.16. The number of hydrogen-bond donors (Lipinski definition) is 0. The normalized spacial score (nSPS) is 12.4. The van der Waals surface area contributed by atoms with E-state index in [-0.39, 0.29) is 0 Å². The largest absolute Gasteiger partial charge is 0.256 e. The second kappa shape index (κ2) is 4.70.